The Balaban J connectivity index is 2.74. The number of halogens is 2. The van der Waals surface area contributed by atoms with Crippen molar-refractivity contribution in [1.29, 1.82) is 0 Å². The van der Waals surface area contributed by atoms with Gasteiger partial charge in [0.15, 0.2) is 11.6 Å². The van der Waals surface area contributed by atoms with Crippen molar-refractivity contribution >= 4 is 5.97 Å². The maximum absolute atomic E-state index is 12.9. The highest BCUT2D eigenvalue weighted by atomic mass is 19.2. The van der Waals surface area contributed by atoms with Gasteiger partial charge in [0.05, 0.1) is 6.54 Å². The van der Waals surface area contributed by atoms with Crippen molar-refractivity contribution in [2.45, 2.75) is 6.54 Å². The topological polar surface area (TPSA) is 40.5 Å². The minimum Gasteiger partial charge on any atom is -0.480 e. The van der Waals surface area contributed by atoms with E-state index in [0.717, 1.165) is 12.1 Å². The van der Waals surface area contributed by atoms with E-state index in [1.165, 1.54) is 6.07 Å². The molecule has 3 nitrogen and oxygen atoms in total. The molecule has 0 aliphatic carbocycles. The van der Waals surface area contributed by atoms with Crippen molar-refractivity contribution in [3.8, 4) is 0 Å². The normalized spacial score (nSPS) is 10.5. The molecule has 0 aliphatic rings. The summed E-state index contributed by atoms with van der Waals surface area (Å²) in [4.78, 5) is 12.1. The maximum Gasteiger partial charge on any atom is 0.317 e. The van der Waals surface area contributed by atoms with Crippen LogP contribution in [0.15, 0.2) is 30.9 Å². The van der Waals surface area contributed by atoms with E-state index in [2.05, 4.69) is 6.58 Å². The van der Waals surface area contributed by atoms with Gasteiger partial charge in [-0.05, 0) is 17.7 Å². The lowest BCUT2D eigenvalue weighted by atomic mass is 10.2. The molecule has 1 aromatic carbocycles. The summed E-state index contributed by atoms with van der Waals surface area (Å²) in [7, 11) is 0. The minimum absolute atomic E-state index is 0.176. The molecule has 0 unspecified atom stereocenters. The Morgan fingerprint density at radius 2 is 2.12 bits per heavy atom. The molecule has 0 bridgehead atoms. The Labute approximate surface area is 98.0 Å². The Kier molecular flexibility index (Phi) is 4.78. The van der Waals surface area contributed by atoms with Crippen LogP contribution in [0.2, 0.25) is 0 Å². The Hall–Kier alpha value is -1.75. The average Bonchev–Trinajstić information content (AvgIpc) is 2.23. The quantitative estimate of drug-likeness (QED) is 0.775. The van der Waals surface area contributed by atoms with Crippen LogP contribution >= 0.6 is 0 Å². The molecule has 0 fully saturated rings. The summed E-state index contributed by atoms with van der Waals surface area (Å²) >= 11 is 0. The molecule has 0 saturated carbocycles. The fourth-order valence-corrected chi connectivity index (χ4v) is 1.46. The van der Waals surface area contributed by atoms with Crippen LogP contribution in [0.1, 0.15) is 5.56 Å². The molecule has 0 radical (unpaired) electrons. The molecule has 0 aliphatic heterocycles. The van der Waals surface area contributed by atoms with Crippen molar-refractivity contribution in [3.05, 3.63) is 48.1 Å². The van der Waals surface area contributed by atoms with Crippen molar-refractivity contribution < 1.29 is 18.7 Å². The number of carbonyl (C=O) groups is 1. The van der Waals surface area contributed by atoms with E-state index in [1.54, 1.807) is 11.0 Å². The van der Waals surface area contributed by atoms with Crippen LogP contribution in [0.4, 0.5) is 8.78 Å². The van der Waals surface area contributed by atoms with E-state index in [1.807, 2.05) is 0 Å². The lowest BCUT2D eigenvalue weighted by Gasteiger charge is -2.18. The molecule has 0 spiro atoms. The third-order valence-corrected chi connectivity index (χ3v) is 2.14. The largest absolute Gasteiger partial charge is 0.480 e. The SMILES string of the molecule is C=CCN(CC(=O)O)Cc1ccc(F)c(F)c1. The molecule has 0 atom stereocenters. The molecule has 92 valence electrons. The number of nitrogens with zero attached hydrogens (tertiary/aromatic N) is 1. The van der Waals surface area contributed by atoms with Crippen LogP contribution in [0.3, 0.4) is 0 Å². The first-order valence-corrected chi connectivity index (χ1v) is 5.02. The minimum atomic E-state index is -0.977. The smallest absolute Gasteiger partial charge is 0.317 e. The van der Waals surface area contributed by atoms with E-state index < -0.39 is 17.6 Å². The Bertz CT molecular complexity index is 421. The van der Waals surface area contributed by atoms with Crippen LogP contribution in [0.5, 0.6) is 0 Å². The number of hydrogen-bond donors (Lipinski definition) is 1. The summed E-state index contributed by atoms with van der Waals surface area (Å²) in [5.41, 5.74) is 0.520. The van der Waals surface area contributed by atoms with Gasteiger partial charge in [-0.15, -0.1) is 6.58 Å². The molecule has 17 heavy (non-hydrogen) atoms. The van der Waals surface area contributed by atoms with Crippen molar-refractivity contribution in [1.82, 2.24) is 4.90 Å². The first kappa shape index (κ1) is 13.3. The number of hydrogen-bond acceptors (Lipinski definition) is 2. The zero-order valence-electron chi connectivity index (χ0n) is 9.20. The zero-order valence-corrected chi connectivity index (χ0v) is 9.20. The predicted molar refractivity (Wildman–Crippen MR) is 59.5 cm³/mol. The fourth-order valence-electron chi connectivity index (χ4n) is 1.46. The predicted octanol–water partition coefficient (Wildman–Crippen LogP) is 2.04. The summed E-state index contributed by atoms with van der Waals surface area (Å²) in [5, 5.41) is 8.68. The summed E-state index contributed by atoms with van der Waals surface area (Å²) in [6.45, 7) is 3.93. The fraction of sp³-hybridized carbons (Fsp3) is 0.250. The van der Waals surface area contributed by atoms with Gasteiger partial charge in [0.2, 0.25) is 0 Å². The van der Waals surface area contributed by atoms with Gasteiger partial charge >= 0.3 is 5.97 Å². The van der Waals surface area contributed by atoms with Gasteiger partial charge < -0.3 is 5.11 Å². The highest BCUT2D eigenvalue weighted by molar-refractivity contribution is 5.69. The number of rotatable bonds is 6. The number of carboxylic acids is 1. The third kappa shape index (κ3) is 4.32. The van der Waals surface area contributed by atoms with Crippen LogP contribution < -0.4 is 0 Å². The van der Waals surface area contributed by atoms with E-state index in [9.17, 15) is 13.6 Å². The van der Waals surface area contributed by atoms with Crippen molar-refractivity contribution in [3.63, 3.8) is 0 Å². The highest BCUT2D eigenvalue weighted by Crippen LogP contribution is 2.10. The van der Waals surface area contributed by atoms with Gasteiger partial charge in [-0.3, -0.25) is 9.69 Å². The van der Waals surface area contributed by atoms with Gasteiger partial charge in [-0.1, -0.05) is 12.1 Å². The van der Waals surface area contributed by atoms with Crippen LogP contribution in [0, 0.1) is 11.6 Å². The molecule has 1 aromatic rings. The molecular weight excluding hydrogens is 228 g/mol. The standard InChI is InChI=1S/C12H13F2NO2/c1-2-5-15(8-12(16)17)7-9-3-4-10(13)11(14)6-9/h2-4,6H,1,5,7-8H2,(H,16,17). The second-order valence-corrected chi connectivity index (χ2v) is 3.60. The molecular formula is C12H13F2NO2. The van der Waals surface area contributed by atoms with E-state index in [-0.39, 0.29) is 13.1 Å². The Morgan fingerprint density at radius 3 is 2.65 bits per heavy atom. The van der Waals surface area contributed by atoms with Gasteiger partial charge in [0.25, 0.3) is 0 Å². The van der Waals surface area contributed by atoms with E-state index >= 15 is 0 Å². The van der Waals surface area contributed by atoms with E-state index in [4.69, 9.17) is 5.11 Å². The van der Waals surface area contributed by atoms with E-state index in [0.29, 0.717) is 12.1 Å². The molecule has 0 heterocycles. The third-order valence-electron chi connectivity index (χ3n) is 2.14. The van der Waals surface area contributed by atoms with Crippen molar-refractivity contribution in [2.24, 2.45) is 0 Å². The summed E-state index contributed by atoms with van der Waals surface area (Å²) in [5.74, 6) is -2.83. The molecule has 0 saturated heterocycles. The summed E-state index contributed by atoms with van der Waals surface area (Å²) in [6.07, 6.45) is 1.56. The maximum atomic E-state index is 12.9. The number of aliphatic carboxylic acids is 1. The molecule has 1 N–H and O–H groups in total. The lowest BCUT2D eigenvalue weighted by Crippen LogP contribution is -2.29. The lowest BCUT2D eigenvalue weighted by molar-refractivity contribution is -0.138. The molecule has 1 rings (SSSR count). The number of carboxylic acid groups (broad SMARTS) is 1. The van der Waals surface area contributed by atoms with Crippen molar-refractivity contribution in [2.75, 3.05) is 13.1 Å². The summed E-state index contributed by atoms with van der Waals surface area (Å²) < 4.78 is 25.6. The second kappa shape index (κ2) is 6.10. The second-order valence-electron chi connectivity index (χ2n) is 3.60. The molecule has 0 aromatic heterocycles. The molecule has 5 heteroatoms. The zero-order chi connectivity index (χ0) is 12.8. The first-order chi connectivity index (χ1) is 8.02. The highest BCUT2D eigenvalue weighted by Gasteiger charge is 2.10. The number of benzene rings is 1. The first-order valence-electron chi connectivity index (χ1n) is 5.02. The monoisotopic (exact) mass is 241 g/mol. The van der Waals surface area contributed by atoms with Crippen LogP contribution in [0.25, 0.3) is 0 Å². The van der Waals surface area contributed by atoms with Gasteiger partial charge in [0.1, 0.15) is 0 Å². The van der Waals surface area contributed by atoms with Gasteiger partial charge in [-0.2, -0.15) is 0 Å². The van der Waals surface area contributed by atoms with Gasteiger partial charge in [-0.25, -0.2) is 8.78 Å². The Morgan fingerprint density at radius 1 is 1.41 bits per heavy atom. The molecule has 0 amide bonds. The van der Waals surface area contributed by atoms with Crippen LogP contribution in [-0.4, -0.2) is 29.1 Å². The van der Waals surface area contributed by atoms with Gasteiger partial charge in [0, 0.05) is 13.1 Å². The average molecular weight is 241 g/mol. The summed E-state index contributed by atoms with van der Waals surface area (Å²) in [6, 6.07) is 3.52. The van der Waals surface area contributed by atoms with Crippen LogP contribution in [-0.2, 0) is 11.3 Å².